The summed E-state index contributed by atoms with van der Waals surface area (Å²) in [5.74, 6) is -0.0608. The van der Waals surface area contributed by atoms with Crippen LogP contribution in [0.25, 0.3) is 5.69 Å². The number of aromatic nitrogens is 2. The van der Waals surface area contributed by atoms with E-state index in [0.29, 0.717) is 12.1 Å². The molecule has 0 radical (unpaired) electrons. The van der Waals surface area contributed by atoms with E-state index in [1.165, 1.54) is 0 Å². The highest BCUT2D eigenvalue weighted by Gasteiger charge is 2.04. The molecule has 0 atom stereocenters. The largest absolute Gasteiger partial charge is 0.348 e. The van der Waals surface area contributed by atoms with Gasteiger partial charge < -0.3 is 9.88 Å². The third kappa shape index (κ3) is 3.17. The van der Waals surface area contributed by atoms with E-state index in [1.807, 2.05) is 53.2 Å². The minimum Gasteiger partial charge on any atom is -0.348 e. The monoisotopic (exact) mass is 277 g/mol. The number of hydrogen-bond acceptors (Lipinski definition) is 2. The molecule has 0 unspecified atom stereocenters. The van der Waals surface area contributed by atoms with Gasteiger partial charge in [0.1, 0.15) is 0 Å². The number of hydrogen-bond donors (Lipinski definition) is 1. The Kier molecular flexibility index (Phi) is 3.78. The van der Waals surface area contributed by atoms with Crippen molar-refractivity contribution in [3.63, 3.8) is 0 Å². The Balaban J connectivity index is 1.62. The van der Waals surface area contributed by atoms with Gasteiger partial charge in [-0.3, -0.25) is 4.79 Å². The third-order valence-corrected chi connectivity index (χ3v) is 3.23. The number of nitrogens with zero attached hydrogens (tertiary/aromatic N) is 2. The maximum Gasteiger partial charge on any atom is 0.251 e. The first-order chi connectivity index (χ1) is 10.3. The third-order valence-electron chi connectivity index (χ3n) is 3.23. The molecule has 104 valence electrons. The summed E-state index contributed by atoms with van der Waals surface area (Å²) in [5.41, 5.74) is 2.78. The average molecular weight is 277 g/mol. The van der Waals surface area contributed by atoms with Crippen LogP contribution in [0, 0.1) is 0 Å². The van der Waals surface area contributed by atoms with Crippen molar-refractivity contribution in [3.05, 3.63) is 84.4 Å². The van der Waals surface area contributed by atoms with Crippen molar-refractivity contribution in [2.24, 2.45) is 0 Å². The zero-order valence-electron chi connectivity index (χ0n) is 11.4. The number of amides is 1. The number of nitrogens with one attached hydrogen (secondary N) is 1. The van der Waals surface area contributed by atoms with E-state index in [1.54, 1.807) is 24.7 Å². The van der Waals surface area contributed by atoms with Crippen molar-refractivity contribution in [1.29, 1.82) is 0 Å². The molecule has 0 aliphatic carbocycles. The van der Waals surface area contributed by atoms with Crippen molar-refractivity contribution in [2.45, 2.75) is 6.54 Å². The predicted octanol–water partition coefficient (Wildman–Crippen LogP) is 2.80. The van der Waals surface area contributed by atoms with Gasteiger partial charge in [0, 0.05) is 30.2 Å². The summed E-state index contributed by atoms with van der Waals surface area (Å²) >= 11 is 0. The fraction of sp³-hybridized carbons (Fsp3) is 0.0588. The van der Waals surface area contributed by atoms with Crippen molar-refractivity contribution in [1.82, 2.24) is 14.9 Å². The highest BCUT2D eigenvalue weighted by Crippen LogP contribution is 2.09. The summed E-state index contributed by atoms with van der Waals surface area (Å²) in [6.45, 7) is 0.512. The number of benzene rings is 2. The van der Waals surface area contributed by atoms with Crippen LogP contribution in [0.4, 0.5) is 0 Å². The topological polar surface area (TPSA) is 46.9 Å². The van der Waals surface area contributed by atoms with Crippen molar-refractivity contribution >= 4 is 5.91 Å². The standard InChI is InChI=1S/C17H15N3O/c21-17(15-4-2-1-3-5-15)19-12-14-6-8-16(9-7-14)20-11-10-18-13-20/h1-11,13H,12H2,(H,19,21). The molecule has 4 nitrogen and oxygen atoms in total. The molecule has 1 heterocycles. The molecule has 3 rings (SSSR count). The first kappa shape index (κ1) is 13.1. The molecule has 1 N–H and O–H groups in total. The van der Waals surface area contributed by atoms with E-state index in [9.17, 15) is 4.79 Å². The lowest BCUT2D eigenvalue weighted by Crippen LogP contribution is -2.22. The number of rotatable bonds is 4. The highest BCUT2D eigenvalue weighted by atomic mass is 16.1. The Labute approximate surface area is 123 Å². The van der Waals surface area contributed by atoms with E-state index in [0.717, 1.165) is 11.3 Å². The van der Waals surface area contributed by atoms with Crippen LogP contribution in [0.5, 0.6) is 0 Å². The van der Waals surface area contributed by atoms with Crippen molar-refractivity contribution in [3.8, 4) is 5.69 Å². The maximum absolute atomic E-state index is 11.9. The number of carbonyl (C=O) groups is 1. The molecule has 4 heteroatoms. The molecule has 0 spiro atoms. The van der Waals surface area contributed by atoms with Crippen LogP contribution in [0.3, 0.4) is 0 Å². The van der Waals surface area contributed by atoms with Gasteiger partial charge in [0.05, 0.1) is 6.33 Å². The van der Waals surface area contributed by atoms with Gasteiger partial charge in [-0.05, 0) is 29.8 Å². The molecule has 0 aliphatic heterocycles. The van der Waals surface area contributed by atoms with E-state index in [4.69, 9.17) is 0 Å². The molecule has 2 aromatic carbocycles. The van der Waals surface area contributed by atoms with Crippen LogP contribution in [0.15, 0.2) is 73.3 Å². The Morgan fingerprint density at radius 2 is 1.81 bits per heavy atom. The fourth-order valence-electron chi connectivity index (χ4n) is 2.07. The van der Waals surface area contributed by atoms with Crippen LogP contribution in [0.1, 0.15) is 15.9 Å². The van der Waals surface area contributed by atoms with E-state index in [2.05, 4.69) is 10.3 Å². The first-order valence-electron chi connectivity index (χ1n) is 6.73. The lowest BCUT2D eigenvalue weighted by atomic mass is 10.2. The Morgan fingerprint density at radius 3 is 2.48 bits per heavy atom. The second kappa shape index (κ2) is 6.05. The maximum atomic E-state index is 11.9. The number of imidazole rings is 1. The van der Waals surface area contributed by atoms with Gasteiger partial charge in [0.25, 0.3) is 5.91 Å². The molecule has 0 fully saturated rings. The molecule has 0 saturated carbocycles. The van der Waals surface area contributed by atoms with E-state index in [-0.39, 0.29) is 5.91 Å². The molecule has 0 saturated heterocycles. The molecule has 21 heavy (non-hydrogen) atoms. The van der Waals surface area contributed by atoms with Crippen LogP contribution >= 0.6 is 0 Å². The van der Waals surface area contributed by atoms with Crippen molar-refractivity contribution < 1.29 is 4.79 Å². The number of carbonyl (C=O) groups excluding carboxylic acids is 1. The summed E-state index contributed by atoms with van der Waals surface area (Å²) in [6.07, 6.45) is 5.40. The molecule has 1 amide bonds. The quantitative estimate of drug-likeness (QED) is 0.797. The summed E-state index contributed by atoms with van der Waals surface area (Å²) in [5, 5.41) is 2.91. The van der Waals surface area contributed by atoms with E-state index < -0.39 is 0 Å². The second-order valence-electron chi connectivity index (χ2n) is 4.69. The predicted molar refractivity (Wildman–Crippen MR) is 81.2 cm³/mol. The van der Waals surface area contributed by atoms with Crippen LogP contribution in [0.2, 0.25) is 0 Å². The Morgan fingerprint density at radius 1 is 1.05 bits per heavy atom. The molecule has 3 aromatic rings. The Hall–Kier alpha value is -2.88. The van der Waals surface area contributed by atoms with Gasteiger partial charge in [0.15, 0.2) is 0 Å². The average Bonchev–Trinajstić information content (AvgIpc) is 3.08. The SMILES string of the molecule is O=C(NCc1ccc(-n2ccnc2)cc1)c1ccccc1. The van der Waals surface area contributed by atoms with Gasteiger partial charge in [-0.15, -0.1) is 0 Å². The molecular formula is C17H15N3O. The van der Waals surface area contributed by atoms with Gasteiger partial charge in [-0.25, -0.2) is 4.98 Å². The lowest BCUT2D eigenvalue weighted by Gasteiger charge is -2.07. The molecule has 1 aromatic heterocycles. The van der Waals surface area contributed by atoms with Gasteiger partial charge in [0.2, 0.25) is 0 Å². The molecule has 0 bridgehead atoms. The van der Waals surface area contributed by atoms with Crippen molar-refractivity contribution in [2.75, 3.05) is 0 Å². The summed E-state index contributed by atoms with van der Waals surface area (Å²) in [6, 6.07) is 17.2. The lowest BCUT2D eigenvalue weighted by molar-refractivity contribution is 0.0951. The van der Waals surface area contributed by atoms with Crippen LogP contribution in [-0.2, 0) is 6.54 Å². The van der Waals surface area contributed by atoms with Crippen LogP contribution in [-0.4, -0.2) is 15.5 Å². The van der Waals surface area contributed by atoms with Gasteiger partial charge in [-0.2, -0.15) is 0 Å². The zero-order chi connectivity index (χ0) is 14.5. The highest BCUT2D eigenvalue weighted by molar-refractivity contribution is 5.94. The zero-order valence-corrected chi connectivity index (χ0v) is 11.4. The first-order valence-corrected chi connectivity index (χ1v) is 6.73. The smallest absolute Gasteiger partial charge is 0.251 e. The fourth-order valence-corrected chi connectivity index (χ4v) is 2.07. The summed E-state index contributed by atoms with van der Waals surface area (Å²) in [7, 11) is 0. The van der Waals surface area contributed by atoms with Gasteiger partial charge in [-0.1, -0.05) is 30.3 Å². The minimum absolute atomic E-state index is 0.0608. The summed E-state index contributed by atoms with van der Waals surface area (Å²) in [4.78, 5) is 16.0. The Bertz CT molecular complexity index is 704. The second-order valence-corrected chi connectivity index (χ2v) is 4.69. The summed E-state index contributed by atoms with van der Waals surface area (Å²) < 4.78 is 1.94. The van der Waals surface area contributed by atoms with Crippen LogP contribution < -0.4 is 5.32 Å². The minimum atomic E-state index is -0.0608. The normalized spacial score (nSPS) is 10.3. The molecule has 0 aliphatic rings. The van der Waals surface area contributed by atoms with Gasteiger partial charge >= 0.3 is 0 Å². The molecular weight excluding hydrogens is 262 g/mol. The van der Waals surface area contributed by atoms with E-state index >= 15 is 0 Å².